The van der Waals surface area contributed by atoms with Crippen LogP contribution < -0.4 is 9.47 Å². The number of unbranched alkanes of at least 4 members (excludes halogenated alkanes) is 7. The van der Waals surface area contributed by atoms with Crippen molar-refractivity contribution in [3.63, 3.8) is 0 Å². The van der Waals surface area contributed by atoms with Crippen LogP contribution in [0.4, 0.5) is 0 Å². The van der Waals surface area contributed by atoms with Gasteiger partial charge >= 0.3 is 35.8 Å². The molecule has 0 heterocycles. The van der Waals surface area contributed by atoms with Gasteiger partial charge in [0.05, 0.1) is 33.4 Å². The van der Waals surface area contributed by atoms with Crippen molar-refractivity contribution < 1.29 is 58.7 Å². The lowest BCUT2D eigenvalue weighted by Crippen LogP contribution is -2.25. The number of hydrogen-bond donors (Lipinski definition) is 4. The van der Waals surface area contributed by atoms with E-state index in [1.807, 2.05) is 52.0 Å². The molecular formula is C46H50O12. The summed E-state index contributed by atoms with van der Waals surface area (Å²) in [4.78, 5) is 73.1. The Morgan fingerprint density at radius 2 is 0.810 bits per heavy atom. The van der Waals surface area contributed by atoms with E-state index < -0.39 is 63.5 Å². The molecule has 0 fully saturated rings. The van der Waals surface area contributed by atoms with Crippen LogP contribution in [0.5, 0.6) is 11.5 Å². The highest BCUT2D eigenvalue weighted by molar-refractivity contribution is 6.05. The predicted molar refractivity (Wildman–Crippen MR) is 216 cm³/mol. The number of esters is 2. The zero-order valence-corrected chi connectivity index (χ0v) is 33.7. The van der Waals surface area contributed by atoms with Crippen LogP contribution in [0.2, 0.25) is 0 Å². The quantitative estimate of drug-likeness (QED) is 0.0398. The van der Waals surface area contributed by atoms with Crippen molar-refractivity contribution in [1.29, 1.82) is 0 Å². The predicted octanol–water partition coefficient (Wildman–Crippen LogP) is 9.99. The second-order valence-corrected chi connectivity index (χ2v) is 15.0. The molecule has 0 aliphatic rings. The molecule has 306 valence electrons. The zero-order chi connectivity index (χ0) is 42.9. The number of ether oxygens (including phenoxy) is 2. The molecule has 4 aromatic carbocycles. The van der Waals surface area contributed by atoms with Crippen LogP contribution in [0.3, 0.4) is 0 Å². The van der Waals surface area contributed by atoms with Crippen molar-refractivity contribution in [2.75, 3.05) is 0 Å². The standard InChI is InChI=1S/C46H50O12/c1-7-8-9-10-11-12-13-14-19-46(6,32-20-26(2)38(27(3)21-32)57-44(55)30-15-17-34(40(47)48)36(24-30)42(51)52)33-22-28(4)39(29(5)23-33)58-45(56)31-16-18-35(41(49)50)37(25-31)43(53)54/h15-18,20-25H,7-14,19H2,1-6H3,(H,47,48)(H,49,50)(H,51,52)(H,53,54). The molecule has 4 aromatic rings. The van der Waals surface area contributed by atoms with Gasteiger partial charge in [-0.3, -0.25) is 0 Å². The number of benzene rings is 4. The third-order valence-corrected chi connectivity index (χ3v) is 10.5. The van der Waals surface area contributed by atoms with E-state index in [9.17, 15) is 49.2 Å². The summed E-state index contributed by atoms with van der Waals surface area (Å²) >= 11 is 0. The highest BCUT2D eigenvalue weighted by atomic mass is 16.5. The Bertz CT molecular complexity index is 2060. The molecular weight excluding hydrogens is 744 g/mol. The number of carbonyl (C=O) groups excluding carboxylic acids is 2. The van der Waals surface area contributed by atoms with Crippen molar-refractivity contribution >= 4 is 35.8 Å². The molecule has 4 N–H and O–H groups in total. The van der Waals surface area contributed by atoms with Crippen molar-refractivity contribution in [3.8, 4) is 11.5 Å². The maximum atomic E-state index is 13.3. The van der Waals surface area contributed by atoms with Crippen molar-refractivity contribution in [2.24, 2.45) is 0 Å². The summed E-state index contributed by atoms with van der Waals surface area (Å²) in [7, 11) is 0. The first-order valence-corrected chi connectivity index (χ1v) is 19.3. The van der Waals surface area contributed by atoms with Gasteiger partial charge in [-0.2, -0.15) is 0 Å². The number of carboxylic acid groups (broad SMARTS) is 4. The van der Waals surface area contributed by atoms with Crippen LogP contribution in [0, 0.1) is 27.7 Å². The highest BCUT2D eigenvalue weighted by Gasteiger charge is 2.32. The van der Waals surface area contributed by atoms with E-state index >= 15 is 0 Å². The van der Waals surface area contributed by atoms with E-state index in [1.165, 1.54) is 37.8 Å². The number of carbonyl (C=O) groups is 6. The Hall–Kier alpha value is -6.30. The molecule has 0 saturated carbocycles. The van der Waals surface area contributed by atoms with E-state index in [0.29, 0.717) is 33.8 Å². The summed E-state index contributed by atoms with van der Waals surface area (Å²) in [5, 5.41) is 37.9. The second kappa shape index (κ2) is 19.2. The number of aromatic carboxylic acids is 4. The molecule has 0 atom stereocenters. The van der Waals surface area contributed by atoms with E-state index in [-0.39, 0.29) is 11.1 Å². The number of rotatable bonds is 19. The molecule has 0 aliphatic heterocycles. The molecule has 0 radical (unpaired) electrons. The van der Waals surface area contributed by atoms with E-state index in [4.69, 9.17) is 9.47 Å². The van der Waals surface area contributed by atoms with Gasteiger partial charge in [-0.05, 0) is 104 Å². The first kappa shape index (κ1) is 44.4. The van der Waals surface area contributed by atoms with Crippen LogP contribution >= 0.6 is 0 Å². The first-order valence-electron chi connectivity index (χ1n) is 19.3. The largest absolute Gasteiger partial charge is 0.478 e. The van der Waals surface area contributed by atoms with Crippen molar-refractivity contribution in [3.05, 3.63) is 127 Å². The fourth-order valence-electron chi connectivity index (χ4n) is 7.30. The molecule has 0 aromatic heterocycles. The molecule has 0 saturated heterocycles. The third kappa shape index (κ3) is 10.4. The van der Waals surface area contributed by atoms with Gasteiger partial charge in [-0.25, -0.2) is 28.8 Å². The second-order valence-electron chi connectivity index (χ2n) is 15.0. The minimum Gasteiger partial charge on any atom is -0.478 e. The number of hydrogen-bond acceptors (Lipinski definition) is 8. The number of aryl methyl sites for hydroxylation is 4. The smallest absolute Gasteiger partial charge is 0.343 e. The van der Waals surface area contributed by atoms with Gasteiger partial charge in [0.1, 0.15) is 11.5 Å². The summed E-state index contributed by atoms with van der Waals surface area (Å²) in [6.45, 7) is 11.6. The molecule has 0 amide bonds. The molecule has 0 aliphatic carbocycles. The average molecular weight is 795 g/mol. The van der Waals surface area contributed by atoms with Gasteiger partial charge in [0, 0.05) is 5.41 Å². The lowest BCUT2D eigenvalue weighted by atomic mass is 9.71. The van der Waals surface area contributed by atoms with E-state index in [2.05, 4.69) is 13.8 Å². The monoisotopic (exact) mass is 794 g/mol. The summed E-state index contributed by atoms with van der Waals surface area (Å²) in [5.74, 6) is -6.94. The molecule has 0 unspecified atom stereocenters. The van der Waals surface area contributed by atoms with Gasteiger partial charge < -0.3 is 29.9 Å². The molecule has 12 nitrogen and oxygen atoms in total. The van der Waals surface area contributed by atoms with Gasteiger partial charge in [-0.1, -0.05) is 89.5 Å². The van der Waals surface area contributed by atoms with E-state index in [0.717, 1.165) is 67.5 Å². The molecule has 4 rings (SSSR count). The Morgan fingerprint density at radius 3 is 1.14 bits per heavy atom. The van der Waals surface area contributed by atoms with Gasteiger partial charge in [0.15, 0.2) is 0 Å². The summed E-state index contributed by atoms with van der Waals surface area (Å²) in [6, 6.07) is 14.3. The Labute approximate surface area is 337 Å². The highest BCUT2D eigenvalue weighted by Crippen LogP contribution is 2.42. The third-order valence-electron chi connectivity index (χ3n) is 10.5. The summed E-state index contributed by atoms with van der Waals surface area (Å²) in [5.41, 5.74) is 1.76. The Kier molecular flexibility index (Phi) is 14.7. The van der Waals surface area contributed by atoms with Crippen LogP contribution in [-0.2, 0) is 5.41 Å². The van der Waals surface area contributed by atoms with Crippen LogP contribution in [0.15, 0.2) is 60.7 Å². The lowest BCUT2D eigenvalue weighted by Gasteiger charge is -2.33. The maximum Gasteiger partial charge on any atom is 0.343 e. The first-order chi connectivity index (χ1) is 27.4. The minimum atomic E-state index is -1.49. The van der Waals surface area contributed by atoms with Gasteiger partial charge in [-0.15, -0.1) is 0 Å². The van der Waals surface area contributed by atoms with Crippen molar-refractivity contribution in [2.45, 2.75) is 105 Å². The SMILES string of the molecule is CCCCCCCCCCC(C)(c1cc(C)c(OC(=O)c2ccc(C(=O)O)c(C(=O)O)c2)c(C)c1)c1cc(C)c(OC(=O)c2ccc(C(=O)O)c(C(=O)O)c2)c(C)c1. The molecule has 12 heteroatoms. The fourth-order valence-corrected chi connectivity index (χ4v) is 7.30. The van der Waals surface area contributed by atoms with Gasteiger partial charge in [0.2, 0.25) is 0 Å². The molecule has 0 bridgehead atoms. The Balaban J connectivity index is 1.68. The molecule has 58 heavy (non-hydrogen) atoms. The Morgan fingerprint density at radius 1 is 0.483 bits per heavy atom. The van der Waals surface area contributed by atoms with Crippen LogP contribution in [-0.4, -0.2) is 56.2 Å². The average Bonchev–Trinajstić information content (AvgIpc) is 3.17. The number of carboxylic acids is 4. The zero-order valence-electron chi connectivity index (χ0n) is 33.7. The van der Waals surface area contributed by atoms with Gasteiger partial charge in [0.25, 0.3) is 0 Å². The van der Waals surface area contributed by atoms with Crippen LogP contribution in [0.1, 0.15) is 167 Å². The van der Waals surface area contributed by atoms with E-state index in [1.54, 1.807) is 0 Å². The topological polar surface area (TPSA) is 202 Å². The maximum absolute atomic E-state index is 13.3. The fraction of sp³-hybridized carbons (Fsp3) is 0.348. The minimum absolute atomic E-state index is 0.115. The summed E-state index contributed by atoms with van der Waals surface area (Å²) < 4.78 is 11.6. The molecule has 0 spiro atoms. The van der Waals surface area contributed by atoms with Crippen molar-refractivity contribution in [1.82, 2.24) is 0 Å². The van der Waals surface area contributed by atoms with Crippen LogP contribution in [0.25, 0.3) is 0 Å². The normalized spacial score (nSPS) is 11.2. The lowest BCUT2D eigenvalue weighted by molar-refractivity contribution is 0.0650. The summed E-state index contributed by atoms with van der Waals surface area (Å²) in [6.07, 6.45) is 9.81.